The third-order valence-electron chi connectivity index (χ3n) is 5.73. The van der Waals surface area contributed by atoms with Crippen molar-refractivity contribution in [1.29, 1.82) is 0 Å². The highest BCUT2D eigenvalue weighted by molar-refractivity contribution is 4.95. The summed E-state index contributed by atoms with van der Waals surface area (Å²) in [6, 6.07) is 0. The van der Waals surface area contributed by atoms with E-state index in [1.54, 1.807) is 0 Å². The van der Waals surface area contributed by atoms with Gasteiger partial charge in [-0.2, -0.15) is 0 Å². The lowest BCUT2D eigenvalue weighted by Gasteiger charge is -2.39. The average molecular weight is 235 g/mol. The van der Waals surface area contributed by atoms with E-state index in [9.17, 15) is 0 Å². The molecule has 0 aromatic rings. The summed E-state index contributed by atoms with van der Waals surface area (Å²) in [6.45, 7) is 0. The van der Waals surface area contributed by atoms with Crippen molar-refractivity contribution in [1.82, 2.24) is 0 Å². The second kappa shape index (κ2) is 4.91. The highest BCUT2D eigenvalue weighted by atomic mass is 14.8. The van der Waals surface area contributed by atoms with Crippen LogP contribution in [0.1, 0.15) is 77.0 Å². The van der Waals surface area contributed by atoms with Gasteiger partial charge in [-0.3, -0.25) is 0 Å². The van der Waals surface area contributed by atoms with Gasteiger partial charge in [0.05, 0.1) is 0 Å². The maximum Gasteiger partial charge on any atom is 0.0157 e. The molecule has 0 saturated heterocycles. The number of nitrogens with two attached hydrogens (primary N) is 1. The molecule has 17 heavy (non-hydrogen) atoms. The molecule has 3 aliphatic carbocycles. The number of hydrogen-bond acceptors (Lipinski definition) is 1. The molecule has 98 valence electrons. The smallest absolute Gasteiger partial charge is 0.0157 e. The van der Waals surface area contributed by atoms with E-state index in [0.29, 0.717) is 0 Å². The molecule has 0 radical (unpaired) electrons. The van der Waals surface area contributed by atoms with Crippen molar-refractivity contribution in [2.24, 2.45) is 23.5 Å². The Kier molecular flexibility index (Phi) is 3.47. The van der Waals surface area contributed by atoms with Crippen LogP contribution in [0.3, 0.4) is 0 Å². The first-order chi connectivity index (χ1) is 8.25. The summed E-state index contributed by atoms with van der Waals surface area (Å²) < 4.78 is 0. The van der Waals surface area contributed by atoms with Crippen LogP contribution in [0.15, 0.2) is 0 Å². The Bertz CT molecular complexity index is 252. The second-order valence-electron chi connectivity index (χ2n) is 7.25. The predicted molar refractivity (Wildman–Crippen MR) is 72.8 cm³/mol. The van der Waals surface area contributed by atoms with Gasteiger partial charge in [-0.25, -0.2) is 0 Å². The minimum absolute atomic E-state index is 0.230. The Morgan fingerprint density at radius 1 is 0.882 bits per heavy atom. The standard InChI is InChI=1S/C16H29N/c17-16(11-9-13-4-1-2-5-13)10-3-6-15(12-16)14-7-8-14/h13-15H,1-12,17H2. The zero-order valence-corrected chi connectivity index (χ0v) is 11.3. The first kappa shape index (κ1) is 12.0. The van der Waals surface area contributed by atoms with E-state index < -0.39 is 0 Å². The molecule has 2 unspecified atom stereocenters. The van der Waals surface area contributed by atoms with Crippen LogP contribution in [0.5, 0.6) is 0 Å². The Morgan fingerprint density at radius 2 is 1.65 bits per heavy atom. The highest BCUT2D eigenvalue weighted by Gasteiger charge is 2.39. The van der Waals surface area contributed by atoms with Crippen molar-refractivity contribution in [3.63, 3.8) is 0 Å². The molecule has 3 aliphatic rings. The quantitative estimate of drug-likeness (QED) is 0.774. The Hall–Kier alpha value is -0.0400. The van der Waals surface area contributed by atoms with Gasteiger partial charge in [-0.15, -0.1) is 0 Å². The molecule has 1 heteroatoms. The van der Waals surface area contributed by atoms with Gasteiger partial charge in [0.1, 0.15) is 0 Å². The summed E-state index contributed by atoms with van der Waals surface area (Å²) in [5, 5.41) is 0. The summed E-state index contributed by atoms with van der Waals surface area (Å²) in [4.78, 5) is 0. The van der Waals surface area contributed by atoms with Crippen LogP contribution in [-0.4, -0.2) is 5.54 Å². The molecule has 0 aliphatic heterocycles. The van der Waals surface area contributed by atoms with E-state index in [0.717, 1.165) is 17.8 Å². The van der Waals surface area contributed by atoms with E-state index in [1.165, 1.54) is 77.0 Å². The topological polar surface area (TPSA) is 26.0 Å². The zero-order chi connectivity index (χ0) is 11.7. The lowest BCUT2D eigenvalue weighted by atomic mass is 9.71. The van der Waals surface area contributed by atoms with Gasteiger partial charge in [0.2, 0.25) is 0 Å². The highest BCUT2D eigenvalue weighted by Crippen LogP contribution is 2.47. The molecule has 0 amide bonds. The third kappa shape index (κ3) is 3.05. The fourth-order valence-corrected chi connectivity index (χ4v) is 4.43. The van der Waals surface area contributed by atoms with Crippen LogP contribution in [-0.2, 0) is 0 Å². The fourth-order valence-electron chi connectivity index (χ4n) is 4.43. The van der Waals surface area contributed by atoms with Crippen molar-refractivity contribution in [3.05, 3.63) is 0 Å². The normalized spacial score (nSPS) is 39.7. The fraction of sp³-hybridized carbons (Fsp3) is 1.00. The predicted octanol–water partition coefficient (Wildman–Crippen LogP) is 4.25. The van der Waals surface area contributed by atoms with Gasteiger partial charge in [0.25, 0.3) is 0 Å². The van der Waals surface area contributed by atoms with Crippen LogP contribution < -0.4 is 5.73 Å². The van der Waals surface area contributed by atoms with Gasteiger partial charge in [0, 0.05) is 5.54 Å². The minimum Gasteiger partial charge on any atom is -0.325 e. The molecular formula is C16H29N. The lowest BCUT2D eigenvalue weighted by Crippen LogP contribution is -2.45. The zero-order valence-electron chi connectivity index (χ0n) is 11.3. The van der Waals surface area contributed by atoms with Gasteiger partial charge in [0.15, 0.2) is 0 Å². The maximum atomic E-state index is 6.69. The molecule has 0 heterocycles. The summed E-state index contributed by atoms with van der Waals surface area (Å²) >= 11 is 0. The van der Waals surface area contributed by atoms with Gasteiger partial charge in [-0.1, -0.05) is 38.5 Å². The summed E-state index contributed by atoms with van der Waals surface area (Å²) in [6.07, 6.45) is 17.2. The van der Waals surface area contributed by atoms with Crippen LogP contribution in [0.2, 0.25) is 0 Å². The Labute approximate surface area is 107 Å². The van der Waals surface area contributed by atoms with Crippen LogP contribution in [0, 0.1) is 17.8 Å². The van der Waals surface area contributed by atoms with Crippen molar-refractivity contribution in [2.75, 3.05) is 0 Å². The van der Waals surface area contributed by atoms with Crippen LogP contribution in [0.4, 0.5) is 0 Å². The SMILES string of the molecule is NC1(CCC2CCCC2)CCCC(C2CC2)C1. The molecule has 0 spiro atoms. The molecule has 0 bridgehead atoms. The molecule has 2 N–H and O–H groups in total. The molecule has 0 aromatic carbocycles. The molecule has 2 atom stereocenters. The van der Waals surface area contributed by atoms with Crippen molar-refractivity contribution in [2.45, 2.75) is 82.6 Å². The molecule has 1 nitrogen and oxygen atoms in total. The first-order valence-corrected chi connectivity index (χ1v) is 8.04. The van der Waals surface area contributed by atoms with Gasteiger partial charge in [-0.05, 0) is 56.3 Å². The molecule has 3 saturated carbocycles. The third-order valence-corrected chi connectivity index (χ3v) is 5.73. The monoisotopic (exact) mass is 235 g/mol. The molecule has 3 rings (SSSR count). The van der Waals surface area contributed by atoms with E-state index in [-0.39, 0.29) is 5.54 Å². The molecular weight excluding hydrogens is 206 g/mol. The first-order valence-electron chi connectivity index (χ1n) is 8.04. The van der Waals surface area contributed by atoms with Crippen LogP contribution >= 0.6 is 0 Å². The minimum atomic E-state index is 0.230. The number of hydrogen-bond donors (Lipinski definition) is 1. The summed E-state index contributed by atoms with van der Waals surface area (Å²) in [5.74, 6) is 3.10. The van der Waals surface area contributed by atoms with Gasteiger partial charge < -0.3 is 5.73 Å². The van der Waals surface area contributed by atoms with Crippen molar-refractivity contribution >= 4 is 0 Å². The van der Waals surface area contributed by atoms with E-state index >= 15 is 0 Å². The molecule has 3 fully saturated rings. The lowest BCUT2D eigenvalue weighted by molar-refractivity contribution is 0.184. The Morgan fingerprint density at radius 3 is 2.35 bits per heavy atom. The van der Waals surface area contributed by atoms with E-state index in [4.69, 9.17) is 5.73 Å². The summed E-state index contributed by atoms with van der Waals surface area (Å²) in [5.41, 5.74) is 6.92. The molecule has 0 aromatic heterocycles. The van der Waals surface area contributed by atoms with E-state index in [2.05, 4.69) is 0 Å². The van der Waals surface area contributed by atoms with E-state index in [1.807, 2.05) is 0 Å². The van der Waals surface area contributed by atoms with Crippen molar-refractivity contribution < 1.29 is 0 Å². The second-order valence-corrected chi connectivity index (χ2v) is 7.25. The summed E-state index contributed by atoms with van der Waals surface area (Å²) in [7, 11) is 0. The van der Waals surface area contributed by atoms with Crippen molar-refractivity contribution in [3.8, 4) is 0 Å². The maximum absolute atomic E-state index is 6.69. The van der Waals surface area contributed by atoms with Gasteiger partial charge >= 0.3 is 0 Å². The van der Waals surface area contributed by atoms with Crippen LogP contribution in [0.25, 0.3) is 0 Å². The Balaban J connectivity index is 1.48. The largest absolute Gasteiger partial charge is 0.325 e. The number of rotatable bonds is 4. The average Bonchev–Trinajstić information content (AvgIpc) is 3.04.